The van der Waals surface area contributed by atoms with E-state index in [1.165, 1.54) is 4.31 Å². The van der Waals surface area contributed by atoms with E-state index in [0.29, 0.717) is 19.5 Å². The minimum absolute atomic E-state index is 0.0183. The first-order chi connectivity index (χ1) is 6.87. The summed E-state index contributed by atoms with van der Waals surface area (Å²) in [6.45, 7) is 4.73. The summed E-state index contributed by atoms with van der Waals surface area (Å²) in [6, 6.07) is 0. The standard InChI is InChI=1S/C9H20N2O3S/c1-9(2,5-8-12)10-15(13,14)11-6-3-4-7-11/h10,12H,3-8H2,1-2H3. The fourth-order valence-corrected chi connectivity index (χ4v) is 3.34. The van der Waals surface area contributed by atoms with E-state index in [1.54, 1.807) is 13.8 Å². The molecule has 0 amide bonds. The maximum absolute atomic E-state index is 11.9. The van der Waals surface area contributed by atoms with E-state index >= 15 is 0 Å². The fraction of sp³-hybridized carbons (Fsp3) is 1.00. The molecule has 0 atom stereocenters. The Kier molecular flexibility index (Phi) is 4.11. The lowest BCUT2D eigenvalue weighted by atomic mass is 10.0. The Bertz CT molecular complexity index is 294. The van der Waals surface area contributed by atoms with Gasteiger partial charge in [0.15, 0.2) is 0 Å². The minimum atomic E-state index is -3.37. The molecule has 15 heavy (non-hydrogen) atoms. The Balaban J connectivity index is 2.62. The smallest absolute Gasteiger partial charge is 0.279 e. The molecule has 0 aliphatic carbocycles. The number of nitrogens with one attached hydrogen (secondary N) is 1. The van der Waals surface area contributed by atoms with Crippen molar-refractivity contribution in [2.75, 3.05) is 19.7 Å². The molecule has 1 rings (SSSR count). The first kappa shape index (κ1) is 12.9. The van der Waals surface area contributed by atoms with Crippen molar-refractivity contribution in [1.82, 2.24) is 9.03 Å². The summed E-state index contributed by atoms with van der Waals surface area (Å²) >= 11 is 0. The van der Waals surface area contributed by atoms with Crippen LogP contribution in [0.4, 0.5) is 0 Å². The number of hydrogen-bond acceptors (Lipinski definition) is 3. The van der Waals surface area contributed by atoms with Gasteiger partial charge in [0, 0.05) is 25.2 Å². The molecule has 6 heteroatoms. The van der Waals surface area contributed by atoms with E-state index in [2.05, 4.69) is 4.72 Å². The molecule has 0 saturated carbocycles. The number of rotatable bonds is 5. The Morgan fingerprint density at radius 2 is 1.87 bits per heavy atom. The molecule has 0 aromatic rings. The van der Waals surface area contributed by atoms with Gasteiger partial charge in [-0.1, -0.05) is 0 Å². The van der Waals surface area contributed by atoms with E-state index in [1.807, 2.05) is 0 Å². The van der Waals surface area contributed by atoms with Crippen LogP contribution in [-0.4, -0.2) is 43.1 Å². The van der Waals surface area contributed by atoms with Gasteiger partial charge < -0.3 is 5.11 Å². The van der Waals surface area contributed by atoms with E-state index in [4.69, 9.17) is 5.11 Å². The largest absolute Gasteiger partial charge is 0.396 e. The summed E-state index contributed by atoms with van der Waals surface area (Å²) in [5, 5.41) is 8.82. The molecule has 1 heterocycles. The lowest BCUT2D eigenvalue weighted by molar-refractivity contribution is 0.244. The first-order valence-corrected chi connectivity index (χ1v) is 6.71. The highest BCUT2D eigenvalue weighted by atomic mass is 32.2. The summed E-state index contributed by atoms with van der Waals surface area (Å²) in [5.41, 5.74) is -0.587. The molecule has 5 nitrogen and oxygen atoms in total. The van der Waals surface area contributed by atoms with Gasteiger partial charge >= 0.3 is 0 Å². The van der Waals surface area contributed by atoms with E-state index < -0.39 is 15.7 Å². The van der Waals surface area contributed by atoms with Crippen molar-refractivity contribution >= 4 is 10.2 Å². The minimum Gasteiger partial charge on any atom is -0.396 e. The second kappa shape index (κ2) is 4.78. The van der Waals surface area contributed by atoms with Crippen LogP contribution in [0.3, 0.4) is 0 Å². The van der Waals surface area contributed by atoms with Crippen LogP contribution < -0.4 is 4.72 Å². The number of hydrogen-bond donors (Lipinski definition) is 2. The zero-order valence-corrected chi connectivity index (χ0v) is 10.2. The average molecular weight is 236 g/mol. The van der Waals surface area contributed by atoms with Crippen molar-refractivity contribution in [3.8, 4) is 0 Å². The van der Waals surface area contributed by atoms with Crippen LogP contribution in [0.5, 0.6) is 0 Å². The van der Waals surface area contributed by atoms with Crippen molar-refractivity contribution in [3.63, 3.8) is 0 Å². The SMILES string of the molecule is CC(C)(CCO)NS(=O)(=O)N1CCCC1. The second-order valence-corrected chi connectivity index (χ2v) is 6.24. The van der Waals surface area contributed by atoms with Crippen molar-refractivity contribution in [2.24, 2.45) is 0 Å². The van der Waals surface area contributed by atoms with Gasteiger partial charge in [-0.05, 0) is 33.1 Å². The van der Waals surface area contributed by atoms with Gasteiger partial charge in [-0.25, -0.2) is 0 Å². The maximum Gasteiger partial charge on any atom is 0.279 e. The van der Waals surface area contributed by atoms with E-state index in [9.17, 15) is 8.42 Å². The summed E-state index contributed by atoms with van der Waals surface area (Å²) < 4.78 is 27.8. The summed E-state index contributed by atoms with van der Waals surface area (Å²) in [5.74, 6) is 0. The highest BCUT2D eigenvalue weighted by molar-refractivity contribution is 7.87. The van der Waals surface area contributed by atoms with Crippen LogP contribution in [-0.2, 0) is 10.2 Å². The van der Waals surface area contributed by atoms with Crippen molar-refractivity contribution in [2.45, 2.75) is 38.6 Å². The van der Waals surface area contributed by atoms with E-state index in [-0.39, 0.29) is 6.61 Å². The molecule has 0 radical (unpaired) electrons. The number of aliphatic hydroxyl groups is 1. The molecule has 2 N–H and O–H groups in total. The van der Waals surface area contributed by atoms with Gasteiger partial charge in [0.05, 0.1) is 0 Å². The van der Waals surface area contributed by atoms with Crippen LogP contribution in [0.1, 0.15) is 33.1 Å². The molecule has 0 bridgehead atoms. The van der Waals surface area contributed by atoms with Crippen LogP contribution in [0, 0.1) is 0 Å². The number of aliphatic hydroxyl groups excluding tert-OH is 1. The molecule has 1 aliphatic heterocycles. The van der Waals surface area contributed by atoms with Crippen LogP contribution in [0.2, 0.25) is 0 Å². The molecule has 1 aliphatic rings. The highest BCUT2D eigenvalue weighted by Gasteiger charge is 2.30. The van der Waals surface area contributed by atoms with Gasteiger partial charge in [-0.2, -0.15) is 17.4 Å². The molecular formula is C9H20N2O3S. The molecule has 0 spiro atoms. The zero-order valence-electron chi connectivity index (χ0n) is 9.36. The fourth-order valence-electron chi connectivity index (χ4n) is 1.67. The molecule has 90 valence electrons. The first-order valence-electron chi connectivity index (χ1n) is 5.27. The number of nitrogens with zero attached hydrogens (tertiary/aromatic N) is 1. The average Bonchev–Trinajstić information content (AvgIpc) is 2.52. The molecule has 0 unspecified atom stereocenters. The lowest BCUT2D eigenvalue weighted by Gasteiger charge is -2.28. The van der Waals surface area contributed by atoms with Crippen LogP contribution in [0.15, 0.2) is 0 Å². The highest BCUT2D eigenvalue weighted by Crippen LogP contribution is 2.15. The predicted molar refractivity (Wildman–Crippen MR) is 58.6 cm³/mol. The third kappa shape index (κ3) is 3.71. The molecule has 1 saturated heterocycles. The van der Waals surface area contributed by atoms with Gasteiger partial charge in [0.2, 0.25) is 0 Å². The van der Waals surface area contributed by atoms with Gasteiger partial charge in [-0.15, -0.1) is 0 Å². The van der Waals surface area contributed by atoms with Crippen LogP contribution >= 0.6 is 0 Å². The normalized spacial score (nSPS) is 19.7. The molecule has 1 fully saturated rings. The summed E-state index contributed by atoms with van der Waals surface area (Å²) in [6.07, 6.45) is 2.28. The van der Waals surface area contributed by atoms with Crippen molar-refractivity contribution in [3.05, 3.63) is 0 Å². The Hall–Kier alpha value is -0.170. The maximum atomic E-state index is 11.9. The van der Waals surface area contributed by atoms with Gasteiger partial charge in [0.25, 0.3) is 10.2 Å². The second-order valence-electron chi connectivity index (χ2n) is 4.57. The Morgan fingerprint density at radius 1 is 1.33 bits per heavy atom. The lowest BCUT2D eigenvalue weighted by Crippen LogP contribution is -2.49. The summed E-state index contributed by atoms with van der Waals surface area (Å²) in [4.78, 5) is 0. The zero-order chi connectivity index (χ0) is 11.5. The Morgan fingerprint density at radius 3 is 2.33 bits per heavy atom. The summed E-state index contributed by atoms with van der Waals surface area (Å²) in [7, 11) is -3.37. The molecule has 0 aromatic carbocycles. The van der Waals surface area contributed by atoms with Gasteiger partial charge in [-0.3, -0.25) is 0 Å². The van der Waals surface area contributed by atoms with Gasteiger partial charge in [0.1, 0.15) is 0 Å². The van der Waals surface area contributed by atoms with E-state index in [0.717, 1.165) is 12.8 Å². The van der Waals surface area contributed by atoms with Crippen LogP contribution in [0.25, 0.3) is 0 Å². The third-order valence-electron chi connectivity index (χ3n) is 2.55. The molecular weight excluding hydrogens is 216 g/mol. The quantitative estimate of drug-likeness (QED) is 0.710. The monoisotopic (exact) mass is 236 g/mol. The molecule has 0 aromatic heterocycles. The van der Waals surface area contributed by atoms with Crippen molar-refractivity contribution < 1.29 is 13.5 Å². The predicted octanol–water partition coefficient (Wildman–Crippen LogP) is 0.0776. The Labute approximate surface area is 91.7 Å². The van der Waals surface area contributed by atoms with Crippen molar-refractivity contribution in [1.29, 1.82) is 0 Å². The third-order valence-corrected chi connectivity index (χ3v) is 4.40. The topological polar surface area (TPSA) is 69.6 Å².